The van der Waals surface area contributed by atoms with Gasteiger partial charge in [0.15, 0.2) is 6.17 Å². The SMILES string of the molecule is N/C(=N\C(/N=C/c1cccc(-c2cccc(-c3cc4c5ccccc5c5ccccc5c4c4ccccc34)c2)c1)c1cccc2sc3ccccc3c12)c1ccccc1. The molecule has 278 valence electrons. The molecule has 3 nitrogen and oxygen atoms in total. The van der Waals surface area contributed by atoms with Gasteiger partial charge in [-0.25, -0.2) is 4.99 Å². The molecule has 1 unspecified atom stereocenters. The summed E-state index contributed by atoms with van der Waals surface area (Å²) in [7, 11) is 0. The standard InChI is InChI=1S/C55H37N3S/c56-54(36-16-2-1-3-17-36)58-55(47-28-14-30-51-53(47)46-27-10-11-29-50(46)59-51)57-34-35-15-12-18-37(31-35)38-19-13-20-39(32-38)48-33-49-42-23-5-4-21-40(42)41-22-6-8-25-44(41)52(49)45-26-9-7-24-43(45)48/h1-34,55H,(H2,56,58)/b57-34+. The molecule has 59 heavy (non-hydrogen) atoms. The second kappa shape index (κ2) is 14.5. The number of rotatable bonds is 7. The van der Waals surface area contributed by atoms with Crippen LogP contribution in [0.4, 0.5) is 0 Å². The summed E-state index contributed by atoms with van der Waals surface area (Å²) in [6, 6.07) is 71.3. The van der Waals surface area contributed by atoms with Gasteiger partial charge >= 0.3 is 0 Å². The van der Waals surface area contributed by atoms with Crippen molar-refractivity contribution in [2.75, 3.05) is 0 Å². The minimum Gasteiger partial charge on any atom is -0.383 e. The van der Waals surface area contributed by atoms with Gasteiger partial charge in [0.2, 0.25) is 0 Å². The molecular formula is C55H37N3S. The lowest BCUT2D eigenvalue weighted by molar-refractivity contribution is 0.789. The molecule has 11 rings (SSSR count). The topological polar surface area (TPSA) is 50.7 Å². The molecule has 0 saturated carbocycles. The van der Waals surface area contributed by atoms with Crippen molar-refractivity contribution in [1.29, 1.82) is 0 Å². The van der Waals surface area contributed by atoms with Gasteiger partial charge in [-0.1, -0.05) is 170 Å². The lowest BCUT2D eigenvalue weighted by Crippen LogP contribution is -2.15. The average molecular weight is 772 g/mol. The molecule has 4 heteroatoms. The van der Waals surface area contributed by atoms with Crippen molar-refractivity contribution in [3.63, 3.8) is 0 Å². The van der Waals surface area contributed by atoms with Crippen LogP contribution in [-0.4, -0.2) is 12.1 Å². The van der Waals surface area contributed by atoms with Gasteiger partial charge in [-0.15, -0.1) is 11.3 Å². The van der Waals surface area contributed by atoms with Crippen molar-refractivity contribution >= 4 is 86.6 Å². The number of nitrogens with two attached hydrogens (primary N) is 1. The quantitative estimate of drug-likeness (QED) is 0.0979. The lowest BCUT2D eigenvalue weighted by Gasteiger charge is -2.16. The summed E-state index contributed by atoms with van der Waals surface area (Å²) in [5.41, 5.74) is 14.2. The molecule has 11 aromatic rings. The van der Waals surface area contributed by atoms with Crippen molar-refractivity contribution in [3.05, 3.63) is 217 Å². The van der Waals surface area contributed by atoms with E-state index in [1.165, 1.54) is 74.4 Å². The van der Waals surface area contributed by atoms with E-state index in [4.69, 9.17) is 15.7 Å². The van der Waals surface area contributed by atoms with E-state index in [1.54, 1.807) is 11.3 Å². The van der Waals surface area contributed by atoms with Gasteiger partial charge in [0.05, 0.1) is 0 Å². The van der Waals surface area contributed by atoms with E-state index in [0.717, 1.165) is 27.8 Å². The Hall–Kier alpha value is -7.40. The van der Waals surface area contributed by atoms with E-state index in [-0.39, 0.29) is 0 Å². The molecule has 1 aromatic heterocycles. The van der Waals surface area contributed by atoms with E-state index in [0.29, 0.717) is 5.84 Å². The third kappa shape index (κ3) is 6.13. The number of nitrogens with zero attached hydrogens (tertiary/aromatic N) is 2. The molecule has 10 aromatic carbocycles. The Balaban J connectivity index is 1.01. The van der Waals surface area contributed by atoms with Crippen molar-refractivity contribution in [2.45, 2.75) is 6.17 Å². The van der Waals surface area contributed by atoms with Crippen LogP contribution in [0.1, 0.15) is 22.9 Å². The minimum atomic E-state index is -0.543. The largest absolute Gasteiger partial charge is 0.383 e. The zero-order valence-electron chi connectivity index (χ0n) is 32.1. The second-order valence-corrected chi connectivity index (χ2v) is 16.1. The van der Waals surface area contributed by atoms with Crippen LogP contribution in [0.3, 0.4) is 0 Å². The second-order valence-electron chi connectivity index (χ2n) is 15.0. The van der Waals surface area contributed by atoms with Crippen LogP contribution in [0.2, 0.25) is 0 Å². The highest BCUT2D eigenvalue weighted by Crippen LogP contribution is 2.43. The van der Waals surface area contributed by atoms with E-state index >= 15 is 0 Å². The number of aliphatic imine (C=N–C) groups is 2. The van der Waals surface area contributed by atoms with Gasteiger partial charge in [-0.2, -0.15) is 0 Å². The molecule has 0 saturated heterocycles. The molecule has 0 fully saturated rings. The van der Waals surface area contributed by atoms with Crippen molar-refractivity contribution in [3.8, 4) is 22.3 Å². The Labute approximate surface area is 346 Å². The van der Waals surface area contributed by atoms with Gasteiger partial charge in [0, 0.05) is 37.5 Å². The number of benzene rings is 10. The third-order valence-electron chi connectivity index (χ3n) is 11.6. The van der Waals surface area contributed by atoms with E-state index < -0.39 is 6.17 Å². The maximum Gasteiger partial charge on any atom is 0.168 e. The first-order chi connectivity index (χ1) is 29.2. The molecule has 1 heterocycles. The first kappa shape index (κ1) is 34.8. The normalized spacial score (nSPS) is 12.8. The first-order valence-electron chi connectivity index (χ1n) is 20.0. The number of hydrogen-bond donors (Lipinski definition) is 1. The summed E-state index contributed by atoms with van der Waals surface area (Å²) < 4.78 is 2.45. The first-order valence-corrected chi connectivity index (χ1v) is 20.8. The lowest BCUT2D eigenvalue weighted by atomic mass is 9.87. The maximum absolute atomic E-state index is 6.69. The summed E-state index contributed by atoms with van der Waals surface area (Å²) in [4.78, 5) is 10.3. The maximum atomic E-state index is 6.69. The van der Waals surface area contributed by atoms with Crippen LogP contribution in [-0.2, 0) is 0 Å². The summed E-state index contributed by atoms with van der Waals surface area (Å²) >= 11 is 1.79. The van der Waals surface area contributed by atoms with Crippen molar-refractivity contribution in [2.24, 2.45) is 15.7 Å². The summed E-state index contributed by atoms with van der Waals surface area (Å²) in [6.45, 7) is 0. The van der Waals surface area contributed by atoms with Crippen LogP contribution in [0.5, 0.6) is 0 Å². The minimum absolute atomic E-state index is 0.456. The number of amidine groups is 1. The van der Waals surface area contributed by atoms with E-state index in [2.05, 4.69) is 170 Å². The Bertz CT molecular complexity index is 3470. The Morgan fingerprint density at radius 2 is 1.00 bits per heavy atom. The van der Waals surface area contributed by atoms with Gasteiger partial charge in [-0.05, 0) is 101 Å². The zero-order valence-corrected chi connectivity index (χ0v) is 32.9. The summed E-state index contributed by atoms with van der Waals surface area (Å²) in [6.07, 6.45) is 1.40. The molecule has 0 radical (unpaired) electrons. The number of fused-ring (bicyclic) bond motifs is 11. The zero-order chi connectivity index (χ0) is 39.3. The predicted octanol–water partition coefficient (Wildman–Crippen LogP) is 14.5. The van der Waals surface area contributed by atoms with Crippen LogP contribution in [0.25, 0.3) is 85.5 Å². The van der Waals surface area contributed by atoms with Crippen molar-refractivity contribution < 1.29 is 0 Å². The van der Waals surface area contributed by atoms with E-state index in [1.807, 2.05) is 36.5 Å². The van der Waals surface area contributed by atoms with E-state index in [9.17, 15) is 0 Å². The Morgan fingerprint density at radius 3 is 1.78 bits per heavy atom. The van der Waals surface area contributed by atoms with Crippen LogP contribution >= 0.6 is 11.3 Å². The van der Waals surface area contributed by atoms with Gasteiger partial charge in [0.25, 0.3) is 0 Å². The fraction of sp³-hybridized carbons (Fsp3) is 0.0182. The predicted molar refractivity (Wildman–Crippen MR) is 254 cm³/mol. The molecular weight excluding hydrogens is 735 g/mol. The monoisotopic (exact) mass is 771 g/mol. The van der Waals surface area contributed by atoms with Crippen LogP contribution in [0.15, 0.2) is 210 Å². The third-order valence-corrected chi connectivity index (χ3v) is 12.7. The highest BCUT2D eigenvalue weighted by Gasteiger charge is 2.18. The smallest absolute Gasteiger partial charge is 0.168 e. The molecule has 2 N–H and O–H groups in total. The van der Waals surface area contributed by atoms with Crippen LogP contribution in [0, 0.1) is 0 Å². The van der Waals surface area contributed by atoms with Gasteiger partial charge < -0.3 is 5.73 Å². The molecule has 0 aliphatic rings. The fourth-order valence-electron chi connectivity index (χ4n) is 8.84. The Kier molecular flexibility index (Phi) is 8.57. The highest BCUT2D eigenvalue weighted by atomic mass is 32.1. The van der Waals surface area contributed by atoms with Crippen molar-refractivity contribution in [1.82, 2.24) is 0 Å². The molecule has 0 aliphatic carbocycles. The Morgan fingerprint density at radius 1 is 0.441 bits per heavy atom. The summed E-state index contributed by atoms with van der Waals surface area (Å²) in [5.74, 6) is 0.456. The molecule has 1 atom stereocenters. The number of thiophene rings is 1. The molecule has 0 amide bonds. The highest BCUT2D eigenvalue weighted by molar-refractivity contribution is 7.25. The molecule has 0 aliphatic heterocycles. The van der Waals surface area contributed by atoms with Gasteiger partial charge in [0.1, 0.15) is 5.84 Å². The van der Waals surface area contributed by atoms with Gasteiger partial charge in [-0.3, -0.25) is 4.99 Å². The number of hydrogen-bond acceptors (Lipinski definition) is 3. The summed E-state index contributed by atoms with van der Waals surface area (Å²) in [5, 5.41) is 12.6. The molecule has 0 bridgehead atoms. The fourth-order valence-corrected chi connectivity index (χ4v) is 9.98. The average Bonchev–Trinajstić information content (AvgIpc) is 3.69. The van der Waals surface area contributed by atoms with Crippen LogP contribution < -0.4 is 5.73 Å². The molecule has 0 spiro atoms.